The first-order valence-corrected chi connectivity index (χ1v) is 10.8. The molecule has 0 aromatic heterocycles. The Balaban J connectivity index is 2.22. The van der Waals surface area contributed by atoms with Crippen LogP contribution in [0.3, 0.4) is 0 Å². The van der Waals surface area contributed by atoms with E-state index in [0.29, 0.717) is 17.0 Å². The molecule has 0 fully saturated rings. The Kier molecular flexibility index (Phi) is 10.5. The Morgan fingerprint density at radius 2 is 1.81 bits per heavy atom. The van der Waals surface area contributed by atoms with Crippen LogP contribution in [-0.4, -0.2) is 55.0 Å². The summed E-state index contributed by atoms with van der Waals surface area (Å²) < 4.78 is 16.4. The largest absolute Gasteiger partial charge is 0.491 e. The van der Waals surface area contributed by atoms with Crippen molar-refractivity contribution >= 4 is 29.4 Å². The van der Waals surface area contributed by atoms with Crippen LogP contribution in [0.4, 0.5) is 10.5 Å². The summed E-state index contributed by atoms with van der Waals surface area (Å²) in [4.78, 5) is 25.0. The smallest absolute Gasteiger partial charge is 0.412 e. The third kappa shape index (κ3) is 7.89. The van der Waals surface area contributed by atoms with Gasteiger partial charge in [0.25, 0.3) is 5.91 Å². The number of nitrogens with one attached hydrogen (secondary N) is 2. The van der Waals surface area contributed by atoms with Gasteiger partial charge < -0.3 is 19.3 Å². The molecule has 0 saturated carbocycles. The van der Waals surface area contributed by atoms with Crippen molar-refractivity contribution in [1.82, 2.24) is 5.48 Å². The number of hydrogen-bond donors (Lipinski definition) is 4. The fraction of sp³-hybridized carbons (Fsp3) is 0.273. The molecule has 32 heavy (non-hydrogen) atoms. The second-order valence-corrected chi connectivity index (χ2v) is 7.24. The predicted molar refractivity (Wildman–Crippen MR) is 120 cm³/mol. The number of amides is 2. The normalized spacial score (nSPS) is 12.8. The molecule has 0 aliphatic carbocycles. The zero-order valence-electron chi connectivity index (χ0n) is 17.7. The van der Waals surface area contributed by atoms with Gasteiger partial charge in [-0.1, -0.05) is 12.1 Å². The highest BCUT2D eigenvalue weighted by Crippen LogP contribution is 2.27. The van der Waals surface area contributed by atoms with Crippen LogP contribution in [-0.2, 0) is 14.3 Å². The van der Waals surface area contributed by atoms with E-state index in [1.165, 1.54) is 18.7 Å². The molecule has 2 aromatic rings. The van der Waals surface area contributed by atoms with Crippen molar-refractivity contribution in [3.05, 3.63) is 66.2 Å². The van der Waals surface area contributed by atoms with E-state index in [9.17, 15) is 9.59 Å². The summed E-state index contributed by atoms with van der Waals surface area (Å²) in [5.41, 5.74) is 2.63. The maximum Gasteiger partial charge on any atom is 0.412 e. The van der Waals surface area contributed by atoms with Gasteiger partial charge in [-0.05, 0) is 54.3 Å². The summed E-state index contributed by atoms with van der Waals surface area (Å²) in [5.74, 6) is -0.221. The molecule has 0 aliphatic heterocycles. The first-order valence-electron chi connectivity index (χ1n) is 9.61. The fourth-order valence-corrected chi connectivity index (χ4v) is 3.11. The van der Waals surface area contributed by atoms with Gasteiger partial charge in [0.2, 0.25) is 0 Å². The van der Waals surface area contributed by atoms with Crippen LogP contribution in [0.25, 0.3) is 0 Å². The molecular weight excluding hydrogens is 436 g/mol. The van der Waals surface area contributed by atoms with Crippen molar-refractivity contribution in [2.45, 2.75) is 17.1 Å². The molecule has 9 nitrogen and oxygen atoms in total. The number of hydrogen-bond acceptors (Lipinski definition) is 8. The van der Waals surface area contributed by atoms with Gasteiger partial charge in [0.1, 0.15) is 18.5 Å². The molecule has 2 atom stereocenters. The standard InChI is InChI=1S/C22H26N2O7S/c1-29-19(11-12-20(26)24-28)21(15-3-7-17(8-4-15)30-14-13-25)31-22(27)23-16-5-9-18(32-2)10-6-16/h3-12,19,21,25,28H,13-14H2,1-2H3,(H,23,27)(H,24,26)/b12-11+/t19-,21-/m1/s1. The summed E-state index contributed by atoms with van der Waals surface area (Å²) in [5, 5.41) is 20.3. The molecule has 0 heterocycles. The molecule has 2 aromatic carbocycles. The number of benzene rings is 2. The van der Waals surface area contributed by atoms with Crippen LogP contribution < -0.4 is 15.5 Å². The van der Waals surface area contributed by atoms with E-state index in [-0.39, 0.29) is 13.2 Å². The highest BCUT2D eigenvalue weighted by molar-refractivity contribution is 7.98. The molecule has 0 radical (unpaired) electrons. The summed E-state index contributed by atoms with van der Waals surface area (Å²) in [7, 11) is 1.40. The van der Waals surface area contributed by atoms with E-state index in [1.54, 1.807) is 48.2 Å². The monoisotopic (exact) mass is 462 g/mol. The van der Waals surface area contributed by atoms with Crippen molar-refractivity contribution in [1.29, 1.82) is 0 Å². The third-order valence-corrected chi connectivity index (χ3v) is 5.00. The van der Waals surface area contributed by atoms with E-state index in [1.807, 2.05) is 18.4 Å². The van der Waals surface area contributed by atoms with Gasteiger partial charge in [-0.25, -0.2) is 10.3 Å². The molecule has 172 valence electrons. The van der Waals surface area contributed by atoms with Crippen LogP contribution in [0.15, 0.2) is 65.6 Å². The van der Waals surface area contributed by atoms with E-state index in [0.717, 1.165) is 11.0 Å². The van der Waals surface area contributed by atoms with Gasteiger partial charge in [0.05, 0.1) is 6.61 Å². The van der Waals surface area contributed by atoms with E-state index < -0.39 is 24.2 Å². The molecule has 0 saturated heterocycles. The molecule has 0 aliphatic rings. The molecule has 0 unspecified atom stereocenters. The van der Waals surface area contributed by atoms with E-state index in [2.05, 4.69) is 5.32 Å². The Morgan fingerprint density at radius 1 is 1.12 bits per heavy atom. The zero-order valence-corrected chi connectivity index (χ0v) is 18.5. The van der Waals surface area contributed by atoms with Crippen molar-refractivity contribution in [2.24, 2.45) is 0 Å². The molecule has 4 N–H and O–H groups in total. The Morgan fingerprint density at radius 3 is 2.38 bits per heavy atom. The van der Waals surface area contributed by atoms with Gasteiger partial charge in [0.15, 0.2) is 6.10 Å². The molecule has 0 spiro atoms. The van der Waals surface area contributed by atoms with Crippen molar-refractivity contribution in [3.63, 3.8) is 0 Å². The Hall–Kier alpha value is -3.05. The lowest BCUT2D eigenvalue weighted by Crippen LogP contribution is -2.27. The number of carbonyl (C=O) groups excluding carboxylic acids is 2. The van der Waals surface area contributed by atoms with Crippen LogP contribution >= 0.6 is 11.8 Å². The van der Waals surface area contributed by atoms with Crippen molar-refractivity contribution < 1.29 is 34.1 Å². The zero-order chi connectivity index (χ0) is 23.3. The lowest BCUT2D eigenvalue weighted by molar-refractivity contribution is -0.124. The fourth-order valence-electron chi connectivity index (χ4n) is 2.70. The van der Waals surface area contributed by atoms with Gasteiger partial charge in [-0.2, -0.15) is 0 Å². The number of anilines is 1. The van der Waals surface area contributed by atoms with Gasteiger partial charge >= 0.3 is 6.09 Å². The van der Waals surface area contributed by atoms with Gasteiger partial charge in [-0.15, -0.1) is 11.8 Å². The minimum absolute atomic E-state index is 0.116. The van der Waals surface area contributed by atoms with Gasteiger partial charge in [-0.3, -0.25) is 15.3 Å². The van der Waals surface area contributed by atoms with Crippen molar-refractivity contribution in [3.8, 4) is 5.75 Å². The van der Waals surface area contributed by atoms with E-state index in [4.69, 9.17) is 24.5 Å². The topological polar surface area (TPSA) is 126 Å². The summed E-state index contributed by atoms with van der Waals surface area (Å²) in [6, 6.07) is 14.0. The van der Waals surface area contributed by atoms with Crippen LogP contribution in [0, 0.1) is 0 Å². The highest BCUT2D eigenvalue weighted by atomic mass is 32.2. The van der Waals surface area contributed by atoms with Crippen LogP contribution in [0.2, 0.25) is 0 Å². The number of aliphatic hydroxyl groups is 1. The lowest BCUT2D eigenvalue weighted by atomic mass is 10.0. The number of ether oxygens (including phenoxy) is 3. The maximum absolute atomic E-state index is 12.6. The van der Waals surface area contributed by atoms with E-state index >= 15 is 0 Å². The van der Waals surface area contributed by atoms with Crippen molar-refractivity contribution in [2.75, 3.05) is 31.9 Å². The Bertz CT molecular complexity index is 888. The lowest BCUT2D eigenvalue weighted by Gasteiger charge is -2.24. The summed E-state index contributed by atoms with van der Waals surface area (Å²) in [6.45, 7) is 0.0335. The predicted octanol–water partition coefficient (Wildman–Crippen LogP) is 3.15. The number of hydroxylamine groups is 1. The number of aliphatic hydroxyl groups excluding tert-OH is 1. The molecule has 10 heteroatoms. The molecule has 2 rings (SSSR count). The Labute approximate surface area is 190 Å². The molecule has 2 amide bonds. The first kappa shape index (κ1) is 25.2. The number of rotatable bonds is 11. The van der Waals surface area contributed by atoms with Crippen LogP contribution in [0.5, 0.6) is 5.75 Å². The number of thioether (sulfide) groups is 1. The first-order chi connectivity index (χ1) is 15.5. The second-order valence-electron chi connectivity index (χ2n) is 6.36. The number of carbonyl (C=O) groups is 2. The van der Waals surface area contributed by atoms with Gasteiger partial charge in [0, 0.05) is 23.8 Å². The average molecular weight is 463 g/mol. The quantitative estimate of drug-likeness (QED) is 0.174. The highest BCUT2D eigenvalue weighted by Gasteiger charge is 2.26. The second kappa shape index (κ2) is 13.4. The third-order valence-electron chi connectivity index (χ3n) is 4.26. The minimum atomic E-state index is -0.917. The minimum Gasteiger partial charge on any atom is -0.491 e. The molecular formula is C22H26N2O7S. The summed E-state index contributed by atoms with van der Waals surface area (Å²) in [6.07, 6.45) is 1.93. The maximum atomic E-state index is 12.6. The SMILES string of the molecule is CO[C@H](/C=C/C(=O)NO)[C@H](OC(=O)Nc1ccc(SC)cc1)c1ccc(OCCO)cc1. The van der Waals surface area contributed by atoms with Crippen LogP contribution in [0.1, 0.15) is 11.7 Å². The number of methoxy groups -OCH3 is 1. The average Bonchev–Trinajstić information content (AvgIpc) is 2.83. The summed E-state index contributed by atoms with van der Waals surface area (Å²) >= 11 is 1.58. The molecule has 0 bridgehead atoms.